The fraction of sp³-hybridized carbons (Fsp3) is 0. The van der Waals surface area contributed by atoms with Crippen LogP contribution in [0.3, 0.4) is 0 Å². The lowest BCUT2D eigenvalue weighted by Crippen LogP contribution is -1.94. The van der Waals surface area contributed by atoms with Crippen molar-refractivity contribution < 1.29 is 4.42 Å². The molecule has 8 aromatic carbocycles. The highest BCUT2D eigenvalue weighted by Gasteiger charge is 2.22. The molecule has 5 heterocycles. The number of para-hydroxylation sites is 5. The maximum Gasteiger partial charge on any atom is 0.160 e. The summed E-state index contributed by atoms with van der Waals surface area (Å²) in [5.41, 5.74) is 15.0. The average Bonchev–Trinajstić information content (AvgIpc) is 4.04. The molecule has 0 saturated heterocycles. The zero-order valence-corrected chi connectivity index (χ0v) is 30.9. The summed E-state index contributed by atoms with van der Waals surface area (Å²) in [6.45, 7) is 0. The number of aromatic nitrogens is 4. The fourth-order valence-corrected chi connectivity index (χ4v) is 9.48. The summed E-state index contributed by atoms with van der Waals surface area (Å²) in [6.07, 6.45) is 0. The second-order valence-electron chi connectivity index (χ2n) is 15.1. The molecule has 0 radical (unpaired) electrons. The highest BCUT2D eigenvalue weighted by atomic mass is 16.3. The number of nitriles is 1. The van der Waals surface area contributed by atoms with Crippen LogP contribution in [0.1, 0.15) is 5.56 Å². The lowest BCUT2D eigenvalue weighted by Gasteiger charge is -2.10. The molecular formula is C52H29N5O. The Balaban J connectivity index is 1.03. The van der Waals surface area contributed by atoms with Gasteiger partial charge < -0.3 is 13.6 Å². The van der Waals surface area contributed by atoms with Crippen LogP contribution in [0, 0.1) is 11.3 Å². The number of rotatable bonds is 3. The highest BCUT2D eigenvalue weighted by Crippen LogP contribution is 2.42. The van der Waals surface area contributed by atoms with Gasteiger partial charge in [0.05, 0.1) is 44.7 Å². The van der Waals surface area contributed by atoms with Gasteiger partial charge in [0.15, 0.2) is 5.58 Å². The molecule has 0 aliphatic heterocycles. The summed E-state index contributed by atoms with van der Waals surface area (Å²) in [4.78, 5) is 5.10. The average molecular weight is 740 g/mol. The Hall–Kier alpha value is -8.14. The van der Waals surface area contributed by atoms with Crippen molar-refractivity contribution in [2.45, 2.75) is 0 Å². The standard InChI is InChI=1S/C52H29N5O/c53-30-31-18-22-38-41(26-31)51-50(57-48-17-9-6-14-43(48)54-52(38)57)42-29-35(21-25-49(42)58-51)56-45-16-8-5-13-37(45)40-28-33(20-24-47(40)56)32-19-23-46-39(27-32)36-12-4-7-15-44(36)55(46)34-10-2-1-3-11-34/h1-29H. The summed E-state index contributed by atoms with van der Waals surface area (Å²) >= 11 is 0. The number of hydrogen-bond donors (Lipinski definition) is 0. The first-order chi connectivity index (χ1) is 28.7. The summed E-state index contributed by atoms with van der Waals surface area (Å²) in [5.74, 6) is 0. The third-order valence-electron chi connectivity index (χ3n) is 12.0. The van der Waals surface area contributed by atoms with Crippen molar-refractivity contribution in [2.75, 3.05) is 0 Å². The van der Waals surface area contributed by atoms with Crippen molar-refractivity contribution >= 4 is 93.1 Å². The SMILES string of the molecule is N#Cc1ccc2c(c1)c1oc3ccc(-n4c5ccccc5c5cc(-c6ccc7c(c6)c6ccccc6n7-c6ccccc6)ccc54)cc3c1n1c3ccccc3nc21. The van der Waals surface area contributed by atoms with Crippen LogP contribution in [-0.2, 0) is 0 Å². The first-order valence-electron chi connectivity index (χ1n) is 19.4. The van der Waals surface area contributed by atoms with Crippen LogP contribution >= 0.6 is 0 Å². The Bertz CT molecular complexity index is 3930. The van der Waals surface area contributed by atoms with E-state index in [2.05, 4.69) is 159 Å². The monoisotopic (exact) mass is 739 g/mol. The van der Waals surface area contributed by atoms with E-state index in [1.165, 1.54) is 43.7 Å². The van der Waals surface area contributed by atoms with Gasteiger partial charge in [-0.1, -0.05) is 78.9 Å². The smallest absolute Gasteiger partial charge is 0.160 e. The Morgan fingerprint density at radius 3 is 1.78 bits per heavy atom. The summed E-state index contributed by atoms with van der Waals surface area (Å²) in [5, 5.41) is 17.5. The number of furan rings is 1. The number of imidazole rings is 1. The van der Waals surface area contributed by atoms with E-state index in [0.29, 0.717) is 5.56 Å². The molecule has 0 unspecified atom stereocenters. The van der Waals surface area contributed by atoms with Gasteiger partial charge in [0.25, 0.3) is 0 Å². The van der Waals surface area contributed by atoms with E-state index in [0.717, 1.165) is 71.9 Å². The van der Waals surface area contributed by atoms with Crippen molar-refractivity contribution in [3.63, 3.8) is 0 Å². The third-order valence-corrected chi connectivity index (χ3v) is 12.0. The van der Waals surface area contributed by atoms with E-state index >= 15 is 0 Å². The van der Waals surface area contributed by atoms with Gasteiger partial charge in [-0.25, -0.2) is 4.98 Å². The molecule has 6 heteroatoms. The van der Waals surface area contributed by atoms with Crippen LogP contribution in [0.25, 0.3) is 116 Å². The molecule has 13 aromatic rings. The minimum Gasteiger partial charge on any atom is -0.454 e. The molecule has 0 atom stereocenters. The first-order valence-corrected chi connectivity index (χ1v) is 19.4. The Morgan fingerprint density at radius 1 is 0.448 bits per heavy atom. The van der Waals surface area contributed by atoms with Crippen LogP contribution in [0.15, 0.2) is 180 Å². The van der Waals surface area contributed by atoms with Crippen LogP contribution in [0.2, 0.25) is 0 Å². The van der Waals surface area contributed by atoms with Crippen molar-refractivity contribution in [3.05, 3.63) is 181 Å². The predicted molar refractivity (Wildman–Crippen MR) is 236 cm³/mol. The van der Waals surface area contributed by atoms with Crippen molar-refractivity contribution in [1.82, 2.24) is 18.5 Å². The zero-order chi connectivity index (χ0) is 38.1. The van der Waals surface area contributed by atoms with Crippen LogP contribution in [0.4, 0.5) is 0 Å². The van der Waals surface area contributed by atoms with Crippen LogP contribution < -0.4 is 0 Å². The minimum absolute atomic E-state index is 0.582. The Labute approximate surface area is 330 Å². The molecule has 0 fully saturated rings. The van der Waals surface area contributed by atoms with Gasteiger partial charge in [-0.2, -0.15) is 5.26 Å². The minimum atomic E-state index is 0.582. The molecule has 0 amide bonds. The second-order valence-corrected chi connectivity index (χ2v) is 15.1. The van der Waals surface area contributed by atoms with Crippen molar-refractivity contribution in [2.24, 2.45) is 0 Å². The summed E-state index contributed by atoms with van der Waals surface area (Å²) in [7, 11) is 0. The largest absolute Gasteiger partial charge is 0.454 e. The van der Waals surface area contributed by atoms with Crippen molar-refractivity contribution in [1.29, 1.82) is 5.26 Å². The van der Waals surface area contributed by atoms with Crippen LogP contribution in [0.5, 0.6) is 0 Å². The predicted octanol–water partition coefficient (Wildman–Crippen LogP) is 13.3. The van der Waals surface area contributed by atoms with Gasteiger partial charge in [0.1, 0.15) is 16.7 Å². The van der Waals surface area contributed by atoms with E-state index in [4.69, 9.17) is 9.40 Å². The van der Waals surface area contributed by atoms with E-state index in [1.54, 1.807) is 0 Å². The summed E-state index contributed by atoms with van der Waals surface area (Å²) in [6, 6.07) is 64.4. The van der Waals surface area contributed by atoms with E-state index in [9.17, 15) is 5.26 Å². The van der Waals surface area contributed by atoms with E-state index < -0.39 is 0 Å². The van der Waals surface area contributed by atoms with Crippen LogP contribution in [-0.4, -0.2) is 18.5 Å². The molecule has 0 aliphatic carbocycles. The normalized spacial score (nSPS) is 12.1. The molecule has 0 bridgehead atoms. The maximum absolute atomic E-state index is 9.85. The lowest BCUT2D eigenvalue weighted by atomic mass is 10.0. The second kappa shape index (κ2) is 11.5. The Morgan fingerprint density at radius 2 is 1.07 bits per heavy atom. The quantitative estimate of drug-likeness (QED) is 0.181. The molecule has 0 spiro atoms. The van der Waals surface area contributed by atoms with Gasteiger partial charge in [-0.05, 0) is 108 Å². The van der Waals surface area contributed by atoms with Crippen molar-refractivity contribution in [3.8, 4) is 28.6 Å². The Kier molecular flexibility index (Phi) is 6.14. The molecular weight excluding hydrogens is 711 g/mol. The zero-order valence-electron chi connectivity index (χ0n) is 30.9. The van der Waals surface area contributed by atoms with Gasteiger partial charge >= 0.3 is 0 Å². The molecule has 0 N–H and O–H groups in total. The van der Waals surface area contributed by atoms with E-state index in [1.807, 2.05) is 36.4 Å². The number of pyridine rings is 1. The van der Waals surface area contributed by atoms with E-state index in [-0.39, 0.29) is 0 Å². The molecule has 13 rings (SSSR count). The molecule has 5 aromatic heterocycles. The van der Waals surface area contributed by atoms with Gasteiger partial charge in [0, 0.05) is 49.1 Å². The molecule has 0 aliphatic rings. The molecule has 268 valence electrons. The topological polar surface area (TPSA) is 64.1 Å². The first kappa shape index (κ1) is 31.1. The molecule has 6 nitrogen and oxygen atoms in total. The van der Waals surface area contributed by atoms with Gasteiger partial charge in [0.2, 0.25) is 0 Å². The number of fused-ring (bicyclic) bond motifs is 16. The summed E-state index contributed by atoms with van der Waals surface area (Å²) < 4.78 is 13.7. The molecule has 0 saturated carbocycles. The molecule has 58 heavy (non-hydrogen) atoms. The number of hydrogen-bond acceptors (Lipinski definition) is 3. The van der Waals surface area contributed by atoms with Gasteiger partial charge in [-0.3, -0.25) is 4.40 Å². The highest BCUT2D eigenvalue weighted by molar-refractivity contribution is 6.19. The lowest BCUT2D eigenvalue weighted by molar-refractivity contribution is 0.672. The third kappa shape index (κ3) is 4.16. The fourth-order valence-electron chi connectivity index (χ4n) is 9.48. The number of nitrogens with zero attached hydrogens (tertiary/aromatic N) is 5. The number of benzene rings is 8. The maximum atomic E-state index is 9.85. The van der Waals surface area contributed by atoms with Gasteiger partial charge in [-0.15, -0.1) is 0 Å².